The fraction of sp³-hybridized carbons (Fsp3) is 0.379. The Labute approximate surface area is 232 Å². The van der Waals surface area contributed by atoms with E-state index in [1.807, 2.05) is 36.4 Å². The summed E-state index contributed by atoms with van der Waals surface area (Å²) in [5.74, 6) is -0.0874. The normalized spacial score (nSPS) is 16.2. The molecule has 2 aliphatic rings. The lowest BCUT2D eigenvalue weighted by atomic mass is 10.0. The van der Waals surface area contributed by atoms with E-state index < -0.39 is 6.04 Å². The molecule has 0 radical (unpaired) electrons. The molecule has 204 valence electrons. The number of carbonyl (C=O) groups excluding carboxylic acids is 2. The summed E-state index contributed by atoms with van der Waals surface area (Å²) in [5.41, 5.74) is 4.54. The molecule has 39 heavy (non-hydrogen) atoms. The van der Waals surface area contributed by atoms with Crippen LogP contribution in [0.15, 0.2) is 48.7 Å². The van der Waals surface area contributed by atoms with E-state index in [1.165, 1.54) is 4.90 Å². The number of ether oxygens (including phenoxy) is 1. The highest BCUT2D eigenvalue weighted by molar-refractivity contribution is 6.33. The van der Waals surface area contributed by atoms with Crippen molar-refractivity contribution in [2.45, 2.75) is 44.8 Å². The number of nitrogens with one attached hydrogen (secondary N) is 2. The molecule has 2 amide bonds. The van der Waals surface area contributed by atoms with E-state index in [2.05, 4.69) is 27.5 Å². The van der Waals surface area contributed by atoms with Gasteiger partial charge in [-0.05, 0) is 42.0 Å². The summed E-state index contributed by atoms with van der Waals surface area (Å²) in [5, 5.41) is 16.5. The molecule has 1 saturated heterocycles. The fourth-order valence-corrected chi connectivity index (χ4v) is 5.18. The first-order valence-electron chi connectivity index (χ1n) is 13.2. The monoisotopic (exact) mass is 549 g/mol. The van der Waals surface area contributed by atoms with Gasteiger partial charge in [-0.15, -0.1) is 0 Å². The van der Waals surface area contributed by atoms with Gasteiger partial charge in [-0.2, -0.15) is 0 Å². The van der Waals surface area contributed by atoms with Gasteiger partial charge in [0.2, 0.25) is 11.9 Å². The first kappa shape index (κ1) is 27.1. The number of aryl methyl sites for hydroxylation is 1. The van der Waals surface area contributed by atoms with E-state index in [0.717, 1.165) is 36.0 Å². The second-order valence-corrected chi connectivity index (χ2v) is 10.3. The molecule has 1 fully saturated rings. The lowest BCUT2D eigenvalue weighted by molar-refractivity contribution is -0.122. The lowest BCUT2D eigenvalue weighted by Crippen LogP contribution is -2.40. The minimum Gasteiger partial charge on any atom is -0.394 e. The van der Waals surface area contributed by atoms with Crippen LogP contribution in [-0.2, 0) is 22.5 Å². The zero-order valence-corrected chi connectivity index (χ0v) is 22.6. The molecular weight excluding hydrogens is 518 g/mol. The number of aliphatic hydroxyl groups is 1. The minimum atomic E-state index is -0.542. The highest BCUT2D eigenvalue weighted by Gasteiger charge is 2.30. The van der Waals surface area contributed by atoms with Crippen molar-refractivity contribution in [3.63, 3.8) is 0 Å². The van der Waals surface area contributed by atoms with Crippen LogP contribution in [0.4, 0.5) is 5.95 Å². The van der Waals surface area contributed by atoms with Crippen molar-refractivity contribution in [2.75, 3.05) is 31.7 Å². The van der Waals surface area contributed by atoms with Gasteiger partial charge in [-0.3, -0.25) is 9.59 Å². The number of benzene rings is 2. The number of hydrogen-bond donors (Lipinski definition) is 3. The first-order chi connectivity index (χ1) is 18.9. The summed E-state index contributed by atoms with van der Waals surface area (Å²) in [6.45, 7) is 3.43. The summed E-state index contributed by atoms with van der Waals surface area (Å²) in [6.07, 6.45) is 4.17. The van der Waals surface area contributed by atoms with Gasteiger partial charge in [-0.25, -0.2) is 9.97 Å². The smallest absolute Gasteiger partial charge is 0.254 e. The summed E-state index contributed by atoms with van der Waals surface area (Å²) >= 11 is 6.45. The standard InChI is InChI=1S/C29H32ClN5O4/c1-2-18-4-3-5-19(12-18)25(17-36)33-26(37)16-35-15-21-7-6-20(13-23(21)28(35)38)27-24(30)14-31-29(34-27)32-22-8-10-39-11-9-22/h3-7,12-14,22,25,36H,2,8-11,15-17H2,1H3,(H,33,37)(H,31,32,34)/t25-/m1/s1. The molecule has 1 aromatic heterocycles. The summed E-state index contributed by atoms with van der Waals surface area (Å²) in [6, 6.07) is 13.0. The number of anilines is 1. The van der Waals surface area contributed by atoms with Crippen LogP contribution in [0.1, 0.15) is 52.9 Å². The van der Waals surface area contributed by atoms with Crippen molar-refractivity contribution in [3.8, 4) is 11.3 Å². The van der Waals surface area contributed by atoms with Gasteiger partial charge in [-0.1, -0.05) is 54.9 Å². The Morgan fingerprint density at radius 3 is 2.82 bits per heavy atom. The highest BCUT2D eigenvalue weighted by atomic mass is 35.5. The van der Waals surface area contributed by atoms with Crippen molar-refractivity contribution in [3.05, 3.63) is 75.9 Å². The SMILES string of the molecule is CCc1cccc([C@@H](CO)NC(=O)CN2Cc3ccc(-c4nc(NC5CCOCC5)ncc4Cl)cc3C2=O)c1. The van der Waals surface area contributed by atoms with E-state index in [0.29, 0.717) is 47.6 Å². The number of nitrogens with zero attached hydrogens (tertiary/aromatic N) is 3. The molecular formula is C29H32ClN5O4. The number of aliphatic hydroxyl groups excluding tert-OH is 1. The van der Waals surface area contributed by atoms with Crippen molar-refractivity contribution < 1.29 is 19.4 Å². The van der Waals surface area contributed by atoms with Gasteiger partial charge in [0.05, 0.1) is 29.6 Å². The van der Waals surface area contributed by atoms with E-state index in [4.69, 9.17) is 16.3 Å². The predicted molar refractivity (Wildman–Crippen MR) is 148 cm³/mol. The molecule has 0 bridgehead atoms. The van der Waals surface area contributed by atoms with Crippen LogP contribution in [0.3, 0.4) is 0 Å². The van der Waals surface area contributed by atoms with Crippen LogP contribution in [0, 0.1) is 0 Å². The summed E-state index contributed by atoms with van der Waals surface area (Å²) in [4.78, 5) is 36.6. The number of halogens is 1. The third kappa shape index (κ3) is 6.21. The molecule has 0 aliphatic carbocycles. The summed E-state index contributed by atoms with van der Waals surface area (Å²) in [7, 11) is 0. The van der Waals surface area contributed by atoms with Crippen LogP contribution in [-0.4, -0.2) is 64.2 Å². The minimum absolute atomic E-state index is 0.111. The maximum Gasteiger partial charge on any atom is 0.254 e. The topological polar surface area (TPSA) is 117 Å². The Hall–Kier alpha value is -3.53. The number of rotatable bonds is 9. The third-order valence-corrected chi connectivity index (χ3v) is 7.45. The largest absolute Gasteiger partial charge is 0.394 e. The van der Waals surface area contributed by atoms with Crippen LogP contribution in [0.5, 0.6) is 0 Å². The van der Waals surface area contributed by atoms with Crippen molar-refractivity contribution >= 4 is 29.4 Å². The molecule has 3 aromatic rings. The summed E-state index contributed by atoms with van der Waals surface area (Å²) < 4.78 is 5.41. The van der Waals surface area contributed by atoms with Crippen LogP contribution >= 0.6 is 11.6 Å². The number of hydrogen-bond acceptors (Lipinski definition) is 7. The molecule has 1 atom stereocenters. The quantitative estimate of drug-likeness (QED) is 0.372. The van der Waals surface area contributed by atoms with E-state index in [1.54, 1.807) is 12.3 Å². The third-order valence-electron chi connectivity index (χ3n) is 7.17. The van der Waals surface area contributed by atoms with Gasteiger partial charge < -0.3 is 25.4 Å². The van der Waals surface area contributed by atoms with Crippen molar-refractivity contribution in [1.29, 1.82) is 0 Å². The van der Waals surface area contributed by atoms with Gasteiger partial charge in [0, 0.05) is 36.9 Å². The Bertz CT molecular complexity index is 1360. The Kier molecular flexibility index (Phi) is 8.40. The molecule has 0 unspecified atom stereocenters. The predicted octanol–water partition coefficient (Wildman–Crippen LogP) is 3.76. The zero-order chi connectivity index (χ0) is 27.4. The molecule has 2 aliphatic heterocycles. The fourth-order valence-electron chi connectivity index (χ4n) is 4.98. The first-order valence-corrected chi connectivity index (χ1v) is 13.6. The number of amides is 2. The maximum absolute atomic E-state index is 13.2. The maximum atomic E-state index is 13.2. The van der Waals surface area contributed by atoms with Gasteiger partial charge >= 0.3 is 0 Å². The van der Waals surface area contributed by atoms with Crippen LogP contribution in [0.2, 0.25) is 5.02 Å². The second-order valence-electron chi connectivity index (χ2n) is 9.86. The molecule has 0 spiro atoms. The average Bonchev–Trinajstić information content (AvgIpc) is 3.27. The van der Waals surface area contributed by atoms with E-state index >= 15 is 0 Å². The van der Waals surface area contributed by atoms with Gasteiger partial charge in [0.25, 0.3) is 5.91 Å². The zero-order valence-electron chi connectivity index (χ0n) is 21.8. The Morgan fingerprint density at radius 1 is 1.23 bits per heavy atom. The number of fused-ring (bicyclic) bond motifs is 1. The van der Waals surface area contributed by atoms with Crippen molar-refractivity contribution in [2.24, 2.45) is 0 Å². The van der Waals surface area contributed by atoms with Gasteiger partial charge in [0.15, 0.2) is 0 Å². The van der Waals surface area contributed by atoms with Crippen molar-refractivity contribution in [1.82, 2.24) is 20.2 Å². The molecule has 3 N–H and O–H groups in total. The average molecular weight is 550 g/mol. The van der Waals surface area contributed by atoms with E-state index in [-0.39, 0.29) is 31.0 Å². The number of aromatic nitrogens is 2. The highest BCUT2D eigenvalue weighted by Crippen LogP contribution is 2.31. The van der Waals surface area contributed by atoms with Gasteiger partial charge in [0.1, 0.15) is 6.54 Å². The molecule has 3 heterocycles. The molecule has 10 heteroatoms. The number of carbonyl (C=O) groups is 2. The lowest BCUT2D eigenvalue weighted by Gasteiger charge is -2.23. The Morgan fingerprint density at radius 2 is 2.05 bits per heavy atom. The van der Waals surface area contributed by atoms with Crippen LogP contribution in [0.25, 0.3) is 11.3 Å². The molecule has 2 aromatic carbocycles. The molecule has 9 nitrogen and oxygen atoms in total. The van der Waals surface area contributed by atoms with E-state index in [9.17, 15) is 14.7 Å². The molecule has 0 saturated carbocycles. The Balaban J connectivity index is 1.27. The molecule has 5 rings (SSSR count). The second kappa shape index (κ2) is 12.1. The van der Waals surface area contributed by atoms with Crippen LogP contribution < -0.4 is 10.6 Å².